The van der Waals surface area contributed by atoms with Gasteiger partial charge in [0.2, 0.25) is 0 Å². The number of benzene rings is 1. The van der Waals surface area contributed by atoms with Crippen molar-refractivity contribution in [1.29, 1.82) is 0 Å². The van der Waals surface area contributed by atoms with Crippen LogP contribution in [0.4, 0.5) is 5.69 Å². The second-order valence-electron chi connectivity index (χ2n) is 7.85. The lowest BCUT2D eigenvalue weighted by atomic mass is 9.91. The quantitative estimate of drug-likeness (QED) is 0.532. The number of pyridine rings is 2. The highest BCUT2D eigenvalue weighted by molar-refractivity contribution is 5.92. The summed E-state index contributed by atoms with van der Waals surface area (Å²) in [6, 6.07) is 16.6. The smallest absolute Gasteiger partial charge is 0.187 e. The molecule has 4 aromatic rings. The molecule has 0 aliphatic carbocycles. The van der Waals surface area contributed by atoms with Crippen molar-refractivity contribution in [3.05, 3.63) is 54.7 Å². The van der Waals surface area contributed by atoms with Crippen LogP contribution in [0, 0.1) is 11.8 Å². The Balaban J connectivity index is 1.65. The van der Waals surface area contributed by atoms with Crippen molar-refractivity contribution in [3.8, 4) is 11.5 Å². The molecule has 0 unspecified atom stereocenters. The zero-order chi connectivity index (χ0) is 18.4. The molecule has 3 aromatic heterocycles. The Morgan fingerprint density at radius 1 is 0.889 bits per heavy atom. The van der Waals surface area contributed by atoms with Crippen molar-refractivity contribution >= 4 is 22.2 Å². The molecule has 0 bridgehead atoms. The standard InChI is InChI=1S/C22H23N5/c1-15-12-16(2)14-26(13-15)19-7-5-6-17-9-10-18(23-21(17)19)22-25-24-20-8-3-4-11-27(20)22/h3-11,15-16H,12-14H2,1-2H3/t15-,16+. The van der Waals surface area contributed by atoms with Crippen molar-refractivity contribution in [1.82, 2.24) is 19.6 Å². The van der Waals surface area contributed by atoms with Crippen molar-refractivity contribution in [2.24, 2.45) is 11.8 Å². The molecule has 1 fully saturated rings. The number of para-hydroxylation sites is 1. The van der Waals surface area contributed by atoms with Gasteiger partial charge in [0.25, 0.3) is 0 Å². The molecule has 0 spiro atoms. The first kappa shape index (κ1) is 16.2. The molecule has 5 heteroatoms. The molecule has 0 amide bonds. The van der Waals surface area contributed by atoms with E-state index in [2.05, 4.69) is 53.2 Å². The Bertz CT molecular complexity index is 1110. The van der Waals surface area contributed by atoms with Gasteiger partial charge >= 0.3 is 0 Å². The third-order valence-corrected chi connectivity index (χ3v) is 5.45. The monoisotopic (exact) mass is 357 g/mol. The van der Waals surface area contributed by atoms with Crippen molar-refractivity contribution < 1.29 is 0 Å². The van der Waals surface area contributed by atoms with E-state index in [1.807, 2.05) is 34.9 Å². The molecular weight excluding hydrogens is 334 g/mol. The summed E-state index contributed by atoms with van der Waals surface area (Å²) < 4.78 is 1.99. The van der Waals surface area contributed by atoms with E-state index in [0.717, 1.165) is 41.2 Å². The van der Waals surface area contributed by atoms with Gasteiger partial charge in [-0.3, -0.25) is 4.40 Å². The fraction of sp³-hybridized carbons (Fsp3) is 0.318. The molecule has 1 aliphatic rings. The van der Waals surface area contributed by atoms with Gasteiger partial charge in [0.05, 0.1) is 11.2 Å². The predicted octanol–water partition coefficient (Wildman–Crippen LogP) is 4.43. The maximum atomic E-state index is 5.03. The van der Waals surface area contributed by atoms with Crippen LogP contribution in [0.5, 0.6) is 0 Å². The van der Waals surface area contributed by atoms with Gasteiger partial charge in [-0.25, -0.2) is 4.98 Å². The van der Waals surface area contributed by atoms with Gasteiger partial charge in [-0.2, -0.15) is 0 Å². The lowest BCUT2D eigenvalue weighted by Gasteiger charge is -2.37. The SMILES string of the molecule is C[C@@H]1C[C@H](C)CN(c2cccc3ccc(-c4nnc5ccccn45)nc23)C1. The third-order valence-electron chi connectivity index (χ3n) is 5.45. The average Bonchev–Trinajstić information content (AvgIpc) is 3.10. The van der Waals surface area contributed by atoms with Gasteiger partial charge in [-0.15, -0.1) is 10.2 Å². The van der Waals surface area contributed by atoms with Crippen molar-refractivity contribution in [3.63, 3.8) is 0 Å². The minimum atomic E-state index is 0.702. The first-order valence-corrected chi connectivity index (χ1v) is 9.64. The largest absolute Gasteiger partial charge is 0.369 e. The highest BCUT2D eigenvalue weighted by Crippen LogP contribution is 2.32. The number of nitrogens with zero attached hydrogens (tertiary/aromatic N) is 5. The molecule has 0 radical (unpaired) electrons. The van der Waals surface area contributed by atoms with E-state index >= 15 is 0 Å². The molecule has 0 N–H and O–H groups in total. The van der Waals surface area contributed by atoms with Gasteiger partial charge in [0.15, 0.2) is 11.5 Å². The lowest BCUT2D eigenvalue weighted by Crippen LogP contribution is -2.38. The molecule has 1 aromatic carbocycles. The maximum absolute atomic E-state index is 5.03. The molecule has 1 saturated heterocycles. The summed E-state index contributed by atoms with van der Waals surface area (Å²) in [5.74, 6) is 2.18. The van der Waals surface area contributed by atoms with Crippen LogP contribution in [-0.2, 0) is 0 Å². The van der Waals surface area contributed by atoms with E-state index in [1.54, 1.807) is 0 Å². The van der Waals surface area contributed by atoms with Crippen LogP contribution in [0.3, 0.4) is 0 Å². The minimum Gasteiger partial charge on any atom is -0.369 e. The number of rotatable bonds is 2. The normalized spacial score (nSPS) is 20.4. The van der Waals surface area contributed by atoms with Gasteiger partial charge in [0, 0.05) is 24.7 Å². The number of anilines is 1. The maximum Gasteiger partial charge on any atom is 0.187 e. The summed E-state index contributed by atoms with van der Waals surface area (Å²) in [5.41, 5.74) is 3.96. The van der Waals surface area contributed by atoms with Crippen LogP contribution in [0.15, 0.2) is 54.7 Å². The second kappa shape index (κ2) is 6.34. The first-order chi connectivity index (χ1) is 13.2. The summed E-state index contributed by atoms with van der Waals surface area (Å²) >= 11 is 0. The Morgan fingerprint density at radius 3 is 2.59 bits per heavy atom. The van der Waals surface area contributed by atoms with Gasteiger partial charge in [-0.1, -0.05) is 38.1 Å². The summed E-state index contributed by atoms with van der Waals surface area (Å²) in [4.78, 5) is 7.53. The molecular formula is C22H23N5. The van der Waals surface area contributed by atoms with Crippen LogP contribution in [0.2, 0.25) is 0 Å². The van der Waals surface area contributed by atoms with E-state index < -0.39 is 0 Å². The number of hydrogen-bond donors (Lipinski definition) is 0. The minimum absolute atomic E-state index is 0.702. The zero-order valence-electron chi connectivity index (χ0n) is 15.7. The fourth-order valence-electron chi connectivity index (χ4n) is 4.39. The highest BCUT2D eigenvalue weighted by atomic mass is 15.3. The summed E-state index contributed by atoms with van der Waals surface area (Å²) in [6.45, 7) is 6.86. The number of piperidine rings is 1. The van der Waals surface area contributed by atoms with Gasteiger partial charge in [0.1, 0.15) is 5.69 Å². The Labute approximate surface area is 158 Å². The second-order valence-corrected chi connectivity index (χ2v) is 7.85. The molecule has 0 saturated carbocycles. The van der Waals surface area contributed by atoms with E-state index in [1.165, 1.54) is 12.1 Å². The van der Waals surface area contributed by atoms with Crippen molar-refractivity contribution in [2.45, 2.75) is 20.3 Å². The highest BCUT2D eigenvalue weighted by Gasteiger charge is 2.23. The van der Waals surface area contributed by atoms with E-state index in [4.69, 9.17) is 4.98 Å². The summed E-state index contributed by atoms with van der Waals surface area (Å²) in [6.07, 6.45) is 3.28. The Kier molecular flexibility index (Phi) is 3.81. The molecule has 4 heterocycles. The van der Waals surface area contributed by atoms with Crippen LogP contribution in [-0.4, -0.2) is 32.7 Å². The molecule has 2 atom stereocenters. The molecule has 136 valence electrons. The van der Waals surface area contributed by atoms with Crippen LogP contribution < -0.4 is 4.90 Å². The van der Waals surface area contributed by atoms with Crippen LogP contribution in [0.25, 0.3) is 28.1 Å². The van der Waals surface area contributed by atoms with E-state index in [0.29, 0.717) is 11.8 Å². The van der Waals surface area contributed by atoms with Gasteiger partial charge < -0.3 is 4.90 Å². The lowest BCUT2D eigenvalue weighted by molar-refractivity contribution is 0.357. The Morgan fingerprint density at radius 2 is 1.74 bits per heavy atom. The van der Waals surface area contributed by atoms with E-state index in [-0.39, 0.29) is 0 Å². The topological polar surface area (TPSA) is 46.3 Å². The van der Waals surface area contributed by atoms with Crippen molar-refractivity contribution in [2.75, 3.05) is 18.0 Å². The van der Waals surface area contributed by atoms with E-state index in [9.17, 15) is 0 Å². The number of hydrogen-bond acceptors (Lipinski definition) is 4. The molecule has 27 heavy (non-hydrogen) atoms. The predicted molar refractivity (Wildman–Crippen MR) is 109 cm³/mol. The van der Waals surface area contributed by atoms with Crippen LogP contribution >= 0.6 is 0 Å². The Hall–Kier alpha value is -2.95. The summed E-state index contributed by atoms with van der Waals surface area (Å²) in [5, 5.41) is 9.81. The molecule has 1 aliphatic heterocycles. The number of fused-ring (bicyclic) bond motifs is 2. The molecule has 5 rings (SSSR count). The fourth-order valence-corrected chi connectivity index (χ4v) is 4.39. The number of aromatic nitrogens is 4. The van der Waals surface area contributed by atoms with Gasteiger partial charge in [-0.05, 0) is 42.5 Å². The molecule has 5 nitrogen and oxygen atoms in total. The summed E-state index contributed by atoms with van der Waals surface area (Å²) in [7, 11) is 0. The third kappa shape index (κ3) is 2.83. The average molecular weight is 357 g/mol. The zero-order valence-corrected chi connectivity index (χ0v) is 15.7. The first-order valence-electron chi connectivity index (χ1n) is 9.64. The van der Waals surface area contributed by atoms with Crippen LogP contribution in [0.1, 0.15) is 20.3 Å².